The average Bonchev–Trinajstić information content (AvgIpc) is 2.86. The Kier molecular flexibility index (Phi) is 14.0. The summed E-state index contributed by atoms with van der Waals surface area (Å²) in [5.41, 5.74) is 7.03. The lowest BCUT2D eigenvalue weighted by Gasteiger charge is -2.16. The number of aldehydes is 2. The van der Waals surface area contributed by atoms with Gasteiger partial charge < -0.3 is 0 Å². The topological polar surface area (TPSA) is 34.1 Å². The molecule has 4 heteroatoms. The Morgan fingerprint density at radius 3 is 1.16 bits per heavy atom. The number of hydrogen-bond donors (Lipinski definition) is 0. The Morgan fingerprint density at radius 2 is 0.842 bits per heavy atom. The number of benzene rings is 2. The first-order valence-corrected chi connectivity index (χ1v) is 22.6. The van der Waals surface area contributed by atoms with Crippen molar-refractivity contribution in [2.24, 2.45) is 0 Å². The van der Waals surface area contributed by atoms with Gasteiger partial charge in [0.2, 0.25) is 0 Å². The van der Waals surface area contributed by atoms with Crippen molar-refractivity contribution in [1.29, 1.82) is 0 Å². The van der Waals surface area contributed by atoms with Gasteiger partial charge in [0.1, 0.15) is 12.6 Å². The van der Waals surface area contributed by atoms with Crippen molar-refractivity contribution in [2.45, 2.75) is 128 Å². The molecule has 0 fully saturated rings. The van der Waals surface area contributed by atoms with Gasteiger partial charge in [-0.2, -0.15) is 0 Å². The molecule has 0 aliphatic carbocycles. The predicted molar refractivity (Wildman–Crippen MR) is 172 cm³/mol. The van der Waals surface area contributed by atoms with Gasteiger partial charge in [-0.25, -0.2) is 0 Å². The van der Waals surface area contributed by atoms with Gasteiger partial charge in [-0.15, -0.1) is 0 Å². The molecule has 0 saturated carbocycles. The first kappa shape index (κ1) is 32.4. The van der Waals surface area contributed by atoms with E-state index in [1.807, 2.05) is 12.1 Å². The van der Waals surface area contributed by atoms with Gasteiger partial charge in [0.05, 0.1) is 0 Å². The number of aryl methyl sites for hydroxylation is 4. The second-order valence-corrected chi connectivity index (χ2v) is 25.0. The molecule has 38 heavy (non-hydrogen) atoms. The summed E-state index contributed by atoms with van der Waals surface area (Å²) >= 11 is 0. The van der Waals surface area contributed by atoms with E-state index in [2.05, 4.69) is 63.5 Å². The standard InChI is InChI=1S/C34H54O2Si2/c1-37(2,3)23-21-29-17-19-33(27-35)31(25-29)15-13-11-9-7-8-10-12-14-16-32-26-30(18-20-34(32)28-36)22-24-38(4,5)6/h17-20,25-28H,7-16,21-24H2,1-6H3. The normalized spacial score (nSPS) is 12.1. The number of hydrogen-bond acceptors (Lipinski definition) is 2. The van der Waals surface area contributed by atoms with Gasteiger partial charge in [-0.05, 0) is 60.8 Å². The van der Waals surface area contributed by atoms with Crippen LogP contribution < -0.4 is 0 Å². The summed E-state index contributed by atoms with van der Waals surface area (Å²) < 4.78 is 0. The van der Waals surface area contributed by atoms with E-state index in [1.165, 1.54) is 85.7 Å². The Hall–Kier alpha value is -1.79. The molecule has 0 amide bonds. The Bertz CT molecular complexity index is 917. The predicted octanol–water partition coefficient (Wildman–Crippen LogP) is 9.98. The molecule has 2 rings (SSSR count). The first-order valence-electron chi connectivity index (χ1n) is 15.1. The highest BCUT2D eigenvalue weighted by Gasteiger charge is 2.14. The van der Waals surface area contributed by atoms with E-state index in [0.717, 1.165) is 49.4 Å². The lowest BCUT2D eigenvalue weighted by Crippen LogP contribution is -2.20. The third-order valence-electron chi connectivity index (χ3n) is 7.64. The number of carbonyl (C=O) groups is 2. The minimum Gasteiger partial charge on any atom is -0.298 e. The molecule has 0 atom stereocenters. The molecule has 0 bridgehead atoms. The van der Waals surface area contributed by atoms with E-state index < -0.39 is 16.1 Å². The Balaban J connectivity index is 1.64. The monoisotopic (exact) mass is 550 g/mol. The molecule has 0 spiro atoms. The van der Waals surface area contributed by atoms with Gasteiger partial charge in [-0.1, -0.05) is 126 Å². The second-order valence-electron chi connectivity index (χ2n) is 13.8. The van der Waals surface area contributed by atoms with Crippen LogP contribution in [0.5, 0.6) is 0 Å². The zero-order chi connectivity index (χ0) is 28.0. The third-order valence-corrected chi connectivity index (χ3v) is 11.1. The van der Waals surface area contributed by atoms with Crippen LogP contribution in [0.25, 0.3) is 0 Å². The van der Waals surface area contributed by atoms with E-state index >= 15 is 0 Å². The summed E-state index contributed by atoms with van der Waals surface area (Å²) in [7, 11) is -2.10. The van der Waals surface area contributed by atoms with Gasteiger partial charge in [0.25, 0.3) is 0 Å². The summed E-state index contributed by atoms with van der Waals surface area (Å²) in [6.45, 7) is 14.5. The summed E-state index contributed by atoms with van der Waals surface area (Å²) in [5.74, 6) is 0. The van der Waals surface area contributed by atoms with Gasteiger partial charge in [0, 0.05) is 27.3 Å². The van der Waals surface area contributed by atoms with Crippen molar-refractivity contribution in [1.82, 2.24) is 0 Å². The molecule has 210 valence electrons. The molecule has 2 aromatic carbocycles. The minimum absolute atomic E-state index is 0.876. The Labute approximate surface area is 236 Å². The van der Waals surface area contributed by atoms with Crippen molar-refractivity contribution in [3.05, 3.63) is 69.8 Å². The van der Waals surface area contributed by atoms with Gasteiger partial charge >= 0.3 is 0 Å². The van der Waals surface area contributed by atoms with Crippen molar-refractivity contribution >= 4 is 28.7 Å². The van der Waals surface area contributed by atoms with Crippen LogP contribution in [0.15, 0.2) is 36.4 Å². The van der Waals surface area contributed by atoms with E-state index in [1.54, 1.807) is 0 Å². The van der Waals surface area contributed by atoms with Crippen LogP contribution in [-0.2, 0) is 25.7 Å². The SMILES string of the molecule is C[Si](C)(C)CCc1ccc(C=O)c(CCCCCCCCCCc2cc(CC[Si](C)(C)C)ccc2C=O)c1. The smallest absolute Gasteiger partial charge is 0.150 e. The molecule has 0 unspecified atom stereocenters. The van der Waals surface area contributed by atoms with Crippen molar-refractivity contribution in [3.8, 4) is 0 Å². The molecule has 2 aromatic rings. The molecule has 0 saturated heterocycles. The maximum atomic E-state index is 11.5. The van der Waals surface area contributed by atoms with E-state index in [9.17, 15) is 9.59 Å². The van der Waals surface area contributed by atoms with Crippen molar-refractivity contribution in [3.63, 3.8) is 0 Å². The molecule has 0 aliphatic rings. The van der Waals surface area contributed by atoms with Crippen LogP contribution in [0.3, 0.4) is 0 Å². The zero-order valence-corrected chi connectivity index (χ0v) is 27.3. The molecule has 0 aliphatic heterocycles. The fraction of sp³-hybridized carbons (Fsp3) is 0.588. The average molecular weight is 551 g/mol. The fourth-order valence-electron chi connectivity index (χ4n) is 5.02. The highest BCUT2D eigenvalue weighted by molar-refractivity contribution is 6.76. The first-order chi connectivity index (χ1) is 18.0. The highest BCUT2D eigenvalue weighted by atomic mass is 28.3. The zero-order valence-electron chi connectivity index (χ0n) is 25.3. The molecular formula is C34H54O2Si2. The number of unbranched alkanes of at least 4 members (excludes halogenated alkanes) is 7. The van der Waals surface area contributed by atoms with E-state index in [4.69, 9.17) is 0 Å². The summed E-state index contributed by atoms with van der Waals surface area (Å²) in [5, 5.41) is 0. The molecule has 0 aromatic heterocycles. The third kappa shape index (κ3) is 13.3. The highest BCUT2D eigenvalue weighted by Crippen LogP contribution is 2.21. The van der Waals surface area contributed by atoms with E-state index in [0.29, 0.717) is 0 Å². The molecule has 0 N–H and O–H groups in total. The molecule has 0 heterocycles. The minimum atomic E-state index is -1.05. The summed E-state index contributed by atoms with van der Waals surface area (Å²) in [4.78, 5) is 23.0. The van der Waals surface area contributed by atoms with Crippen LogP contribution in [0.2, 0.25) is 51.4 Å². The van der Waals surface area contributed by atoms with Crippen LogP contribution in [0, 0.1) is 0 Å². The van der Waals surface area contributed by atoms with Crippen LogP contribution in [0.4, 0.5) is 0 Å². The summed E-state index contributed by atoms with van der Waals surface area (Å²) in [6.07, 6.45) is 16.3. The lowest BCUT2D eigenvalue weighted by molar-refractivity contribution is 0.111. The second kappa shape index (κ2) is 16.3. The van der Waals surface area contributed by atoms with Crippen molar-refractivity contribution in [2.75, 3.05) is 0 Å². The molecular weight excluding hydrogens is 497 g/mol. The summed E-state index contributed by atoms with van der Waals surface area (Å²) in [6, 6.07) is 15.6. The maximum absolute atomic E-state index is 11.5. The maximum Gasteiger partial charge on any atom is 0.150 e. The van der Waals surface area contributed by atoms with Crippen LogP contribution >= 0.6 is 0 Å². The fourth-order valence-corrected chi connectivity index (χ4v) is 7.10. The number of rotatable bonds is 19. The molecule has 2 nitrogen and oxygen atoms in total. The largest absolute Gasteiger partial charge is 0.298 e. The molecule has 0 radical (unpaired) electrons. The van der Waals surface area contributed by atoms with E-state index in [-0.39, 0.29) is 0 Å². The van der Waals surface area contributed by atoms with Crippen molar-refractivity contribution < 1.29 is 9.59 Å². The quantitative estimate of drug-likeness (QED) is 0.0990. The Morgan fingerprint density at radius 1 is 0.500 bits per heavy atom. The lowest BCUT2D eigenvalue weighted by atomic mass is 9.97. The van der Waals surface area contributed by atoms with Gasteiger partial charge in [0.15, 0.2) is 0 Å². The number of carbonyl (C=O) groups excluding carboxylic acids is 2. The van der Waals surface area contributed by atoms with Crippen LogP contribution in [-0.4, -0.2) is 28.7 Å². The van der Waals surface area contributed by atoms with Gasteiger partial charge in [-0.3, -0.25) is 9.59 Å². The van der Waals surface area contributed by atoms with Crippen LogP contribution in [0.1, 0.15) is 94.3 Å².